The van der Waals surface area contributed by atoms with Gasteiger partial charge in [0.15, 0.2) is 0 Å². The number of aliphatic hydroxyl groups excluding tert-OH is 1. The molecule has 1 aliphatic rings. The van der Waals surface area contributed by atoms with E-state index in [2.05, 4.69) is 0 Å². The van der Waals surface area contributed by atoms with Gasteiger partial charge in [-0.3, -0.25) is 14.9 Å². The van der Waals surface area contributed by atoms with E-state index in [1.807, 2.05) is 60.7 Å². The molecule has 5 atom stereocenters. The highest BCUT2D eigenvalue weighted by Gasteiger charge is 2.54. The van der Waals surface area contributed by atoms with Gasteiger partial charge in [0.25, 0.3) is 0 Å². The monoisotopic (exact) mass is 383 g/mol. The summed E-state index contributed by atoms with van der Waals surface area (Å²) in [7, 11) is 0. The van der Waals surface area contributed by atoms with E-state index in [4.69, 9.17) is 4.74 Å². The molecule has 28 heavy (non-hydrogen) atoms. The quantitative estimate of drug-likeness (QED) is 0.469. The number of aliphatic hydroxyl groups is 1. The zero-order valence-corrected chi connectivity index (χ0v) is 15.8. The van der Waals surface area contributed by atoms with Crippen LogP contribution in [0.4, 0.5) is 0 Å². The van der Waals surface area contributed by atoms with E-state index in [-0.39, 0.29) is 18.1 Å². The summed E-state index contributed by atoms with van der Waals surface area (Å²) >= 11 is 0. The average molecular weight is 383 g/mol. The van der Waals surface area contributed by atoms with Gasteiger partial charge >= 0.3 is 5.97 Å². The predicted octanol–water partition coefficient (Wildman–Crippen LogP) is 3.39. The Morgan fingerprint density at radius 3 is 2.07 bits per heavy atom. The number of rotatable bonds is 6. The van der Waals surface area contributed by atoms with Crippen LogP contribution in [0.5, 0.6) is 0 Å². The summed E-state index contributed by atoms with van der Waals surface area (Å²) < 4.78 is 5.25. The predicted molar refractivity (Wildman–Crippen MR) is 104 cm³/mol. The Morgan fingerprint density at radius 1 is 1.07 bits per heavy atom. The van der Waals surface area contributed by atoms with Crippen LogP contribution in [0, 0.1) is 22.0 Å². The number of hydrogen-bond acceptors (Lipinski definition) is 5. The summed E-state index contributed by atoms with van der Waals surface area (Å²) in [5, 5.41) is 22.3. The second-order valence-corrected chi connectivity index (χ2v) is 7.19. The topological polar surface area (TPSA) is 89.7 Å². The van der Waals surface area contributed by atoms with E-state index >= 15 is 0 Å². The molecule has 2 aromatic carbocycles. The number of carbonyl (C=O) groups excluding carboxylic acids is 1. The number of ether oxygens (including phenoxy) is 1. The second-order valence-electron chi connectivity index (χ2n) is 7.19. The summed E-state index contributed by atoms with van der Waals surface area (Å²) in [5.74, 6) is -2.62. The fourth-order valence-electron chi connectivity index (χ4n) is 4.55. The first kappa shape index (κ1) is 20.0. The first-order chi connectivity index (χ1) is 13.6. The molecule has 0 heterocycles. The molecule has 0 spiro atoms. The van der Waals surface area contributed by atoms with Gasteiger partial charge in [-0.25, -0.2) is 0 Å². The largest absolute Gasteiger partial charge is 0.466 e. The van der Waals surface area contributed by atoms with E-state index in [1.54, 1.807) is 6.92 Å². The van der Waals surface area contributed by atoms with Crippen molar-refractivity contribution in [3.05, 3.63) is 81.9 Å². The van der Waals surface area contributed by atoms with Gasteiger partial charge < -0.3 is 9.84 Å². The van der Waals surface area contributed by atoms with Gasteiger partial charge in [0.1, 0.15) is 0 Å². The molecule has 0 saturated heterocycles. The number of esters is 1. The van der Waals surface area contributed by atoms with Crippen LogP contribution in [0.15, 0.2) is 60.7 Å². The van der Waals surface area contributed by atoms with Crippen LogP contribution in [0.1, 0.15) is 36.3 Å². The van der Waals surface area contributed by atoms with Crippen LogP contribution in [-0.2, 0) is 9.53 Å². The molecule has 0 aliphatic heterocycles. The van der Waals surface area contributed by atoms with Gasteiger partial charge in [0.2, 0.25) is 6.04 Å². The van der Waals surface area contributed by atoms with Gasteiger partial charge in [0, 0.05) is 11.5 Å². The molecule has 0 radical (unpaired) electrons. The third-order valence-electron chi connectivity index (χ3n) is 5.67. The van der Waals surface area contributed by atoms with Crippen LogP contribution < -0.4 is 0 Å². The second kappa shape index (κ2) is 8.97. The molecule has 0 unspecified atom stereocenters. The molecule has 0 aromatic heterocycles. The lowest BCUT2D eigenvalue weighted by Gasteiger charge is -2.41. The Kier molecular flexibility index (Phi) is 6.41. The minimum Gasteiger partial charge on any atom is -0.466 e. The number of nitrogens with zero attached hydrogens (tertiary/aromatic N) is 1. The molecule has 0 amide bonds. The first-order valence-corrected chi connectivity index (χ1v) is 9.59. The van der Waals surface area contributed by atoms with E-state index in [1.165, 1.54) is 0 Å². The minimum atomic E-state index is -1.04. The fraction of sp³-hybridized carbons (Fsp3) is 0.409. The summed E-state index contributed by atoms with van der Waals surface area (Å²) in [5.41, 5.74) is 1.56. The molecular weight excluding hydrogens is 358 g/mol. The number of carbonyl (C=O) groups is 1. The van der Waals surface area contributed by atoms with Crippen molar-refractivity contribution >= 4 is 5.97 Å². The van der Waals surface area contributed by atoms with Gasteiger partial charge in [-0.05, 0) is 30.4 Å². The van der Waals surface area contributed by atoms with Crippen molar-refractivity contribution in [2.45, 2.75) is 31.2 Å². The van der Waals surface area contributed by atoms with Gasteiger partial charge in [-0.2, -0.15) is 0 Å². The number of hydrogen-bond donors (Lipinski definition) is 1. The maximum Gasteiger partial charge on any atom is 0.309 e. The standard InChI is InChI=1S/C22H25NO5/c1-2-28-22(25)18-13-17(14-24)19(15-9-5-3-6-10-15)21(23(26)27)20(18)16-11-7-4-8-12-16/h3-12,17-21,24H,2,13-14H2,1H3/t17-,18+,19-,20-,21-/m1/s1. The van der Waals surface area contributed by atoms with E-state index in [0.717, 1.165) is 11.1 Å². The highest BCUT2D eigenvalue weighted by atomic mass is 16.6. The van der Waals surface area contributed by atoms with E-state index < -0.39 is 35.7 Å². The third-order valence-corrected chi connectivity index (χ3v) is 5.67. The van der Waals surface area contributed by atoms with Crippen molar-refractivity contribution in [1.29, 1.82) is 0 Å². The van der Waals surface area contributed by atoms with Crippen molar-refractivity contribution in [2.24, 2.45) is 11.8 Å². The van der Waals surface area contributed by atoms with Crippen molar-refractivity contribution < 1.29 is 19.6 Å². The number of benzene rings is 2. The summed E-state index contributed by atoms with van der Waals surface area (Å²) in [6, 6.07) is 17.4. The highest BCUT2D eigenvalue weighted by Crippen LogP contribution is 2.49. The Labute approximate surface area is 164 Å². The molecule has 6 heteroatoms. The van der Waals surface area contributed by atoms with Crippen molar-refractivity contribution in [3.63, 3.8) is 0 Å². The molecule has 1 fully saturated rings. The minimum absolute atomic E-state index is 0.214. The van der Waals surface area contributed by atoms with Gasteiger partial charge in [0.05, 0.1) is 24.4 Å². The van der Waals surface area contributed by atoms with E-state index in [0.29, 0.717) is 6.42 Å². The molecule has 6 nitrogen and oxygen atoms in total. The summed E-state index contributed by atoms with van der Waals surface area (Å²) in [6.45, 7) is 1.72. The zero-order valence-electron chi connectivity index (χ0n) is 15.8. The molecule has 1 aliphatic carbocycles. The number of nitro groups is 1. The Morgan fingerprint density at radius 2 is 1.61 bits per heavy atom. The molecule has 0 bridgehead atoms. The molecule has 1 saturated carbocycles. The van der Waals surface area contributed by atoms with Crippen LogP contribution >= 0.6 is 0 Å². The summed E-state index contributed by atoms with van der Waals surface area (Å²) in [4.78, 5) is 24.7. The third kappa shape index (κ3) is 3.92. The molecule has 3 rings (SSSR count). The lowest BCUT2D eigenvalue weighted by atomic mass is 9.61. The highest BCUT2D eigenvalue weighted by molar-refractivity contribution is 5.74. The van der Waals surface area contributed by atoms with Crippen molar-refractivity contribution in [3.8, 4) is 0 Å². The van der Waals surface area contributed by atoms with Crippen LogP contribution in [0.2, 0.25) is 0 Å². The van der Waals surface area contributed by atoms with Crippen molar-refractivity contribution in [2.75, 3.05) is 13.2 Å². The SMILES string of the molecule is CCOC(=O)[C@H]1C[C@H](CO)[C@@H](c2ccccc2)[C@@H]([N+](=O)[O-])[C@@H]1c1ccccc1. The van der Waals surface area contributed by atoms with Crippen LogP contribution in [0.3, 0.4) is 0 Å². The van der Waals surface area contributed by atoms with Crippen LogP contribution in [0.25, 0.3) is 0 Å². The molecule has 148 valence electrons. The Bertz CT molecular complexity index is 795. The zero-order chi connectivity index (χ0) is 20.1. The maximum atomic E-state index is 12.7. The van der Waals surface area contributed by atoms with Crippen molar-refractivity contribution in [1.82, 2.24) is 0 Å². The fourth-order valence-corrected chi connectivity index (χ4v) is 4.55. The van der Waals surface area contributed by atoms with Gasteiger partial charge in [-0.15, -0.1) is 0 Å². The van der Waals surface area contributed by atoms with E-state index in [9.17, 15) is 20.0 Å². The maximum absolute atomic E-state index is 12.7. The van der Waals surface area contributed by atoms with Crippen LogP contribution in [-0.4, -0.2) is 35.3 Å². The Hall–Kier alpha value is -2.73. The Balaban J connectivity index is 2.13. The smallest absolute Gasteiger partial charge is 0.309 e. The molecule has 2 aromatic rings. The summed E-state index contributed by atoms with van der Waals surface area (Å²) in [6.07, 6.45) is 0.346. The normalized spacial score (nSPS) is 27.1. The lowest BCUT2D eigenvalue weighted by molar-refractivity contribution is -0.537. The van der Waals surface area contributed by atoms with Gasteiger partial charge in [-0.1, -0.05) is 60.7 Å². The molecular formula is C22H25NO5. The molecule has 1 N–H and O–H groups in total. The average Bonchev–Trinajstić information content (AvgIpc) is 2.73. The lowest BCUT2D eigenvalue weighted by Crippen LogP contribution is -2.49. The first-order valence-electron chi connectivity index (χ1n) is 9.59.